The number of benzene rings is 1. The molecule has 0 bridgehead atoms. The van der Waals surface area contributed by atoms with Gasteiger partial charge < -0.3 is 14.8 Å². The second kappa shape index (κ2) is 11.7. The smallest absolute Gasteiger partial charge is 0.0701 e. The summed E-state index contributed by atoms with van der Waals surface area (Å²) in [6, 6.07) is 9.07. The minimum atomic E-state index is 0.261. The Hall–Kier alpha value is -0.900. The molecule has 1 aromatic carbocycles. The lowest BCUT2D eigenvalue weighted by atomic mass is 10.0. The summed E-state index contributed by atoms with van der Waals surface area (Å²) in [4.78, 5) is 0. The minimum Gasteiger partial charge on any atom is -0.379 e. The number of unbranched alkanes of at least 4 members (excludes halogenated alkanes) is 1. The number of rotatable bonds is 12. The van der Waals surface area contributed by atoms with Crippen molar-refractivity contribution in [3.8, 4) is 0 Å². The number of nitrogens with one attached hydrogen (secondary N) is 1. The van der Waals surface area contributed by atoms with E-state index in [4.69, 9.17) is 9.47 Å². The standard InChI is InChI=1S/C18H31NO2/c1-4-7-12-20-13-14-21-15-18(19-6-3)17-10-8-16(5-2)9-11-17/h8-11,18-19H,4-7,12-15H2,1-3H3. The van der Waals surface area contributed by atoms with E-state index in [-0.39, 0.29) is 6.04 Å². The monoisotopic (exact) mass is 293 g/mol. The fourth-order valence-electron chi connectivity index (χ4n) is 2.17. The van der Waals surface area contributed by atoms with E-state index in [1.807, 2.05) is 0 Å². The van der Waals surface area contributed by atoms with Crippen LogP contribution in [-0.2, 0) is 15.9 Å². The highest BCUT2D eigenvalue weighted by molar-refractivity contribution is 5.25. The van der Waals surface area contributed by atoms with Crippen LogP contribution in [0.3, 0.4) is 0 Å². The maximum Gasteiger partial charge on any atom is 0.0701 e. The van der Waals surface area contributed by atoms with Gasteiger partial charge in [-0.25, -0.2) is 0 Å². The molecular formula is C18H31NO2. The van der Waals surface area contributed by atoms with Crippen molar-refractivity contribution in [1.29, 1.82) is 0 Å². The van der Waals surface area contributed by atoms with Crippen LogP contribution in [-0.4, -0.2) is 33.0 Å². The molecule has 21 heavy (non-hydrogen) atoms. The first-order valence-electron chi connectivity index (χ1n) is 8.29. The Labute approximate surface area is 130 Å². The van der Waals surface area contributed by atoms with E-state index >= 15 is 0 Å². The van der Waals surface area contributed by atoms with Gasteiger partial charge in [0.25, 0.3) is 0 Å². The summed E-state index contributed by atoms with van der Waals surface area (Å²) >= 11 is 0. The van der Waals surface area contributed by atoms with Gasteiger partial charge in [-0.1, -0.05) is 51.5 Å². The first kappa shape index (κ1) is 18.1. The SMILES string of the molecule is CCCCOCCOCC(NCC)c1ccc(CC)cc1. The molecule has 120 valence electrons. The first-order valence-corrected chi connectivity index (χ1v) is 8.29. The largest absolute Gasteiger partial charge is 0.379 e. The van der Waals surface area contributed by atoms with Crippen molar-refractivity contribution in [3.63, 3.8) is 0 Å². The van der Waals surface area contributed by atoms with Crippen LogP contribution in [0.25, 0.3) is 0 Å². The van der Waals surface area contributed by atoms with Gasteiger partial charge in [0.2, 0.25) is 0 Å². The van der Waals surface area contributed by atoms with Gasteiger partial charge in [-0.05, 0) is 30.5 Å². The maximum atomic E-state index is 5.75. The lowest BCUT2D eigenvalue weighted by Gasteiger charge is -2.19. The average Bonchev–Trinajstić information content (AvgIpc) is 2.53. The van der Waals surface area contributed by atoms with Crippen molar-refractivity contribution in [2.45, 2.75) is 46.1 Å². The zero-order valence-corrected chi connectivity index (χ0v) is 13.9. The number of aryl methyl sites for hydroxylation is 1. The van der Waals surface area contributed by atoms with Crippen LogP contribution in [0.15, 0.2) is 24.3 Å². The van der Waals surface area contributed by atoms with E-state index in [2.05, 4.69) is 50.4 Å². The molecule has 0 amide bonds. The van der Waals surface area contributed by atoms with Gasteiger partial charge >= 0.3 is 0 Å². The van der Waals surface area contributed by atoms with Crippen molar-refractivity contribution in [2.75, 3.05) is 33.0 Å². The van der Waals surface area contributed by atoms with Crippen molar-refractivity contribution in [1.82, 2.24) is 5.32 Å². The molecule has 0 aliphatic carbocycles. The Balaban J connectivity index is 2.32. The van der Waals surface area contributed by atoms with Crippen molar-refractivity contribution in [3.05, 3.63) is 35.4 Å². The molecule has 3 heteroatoms. The molecule has 1 N–H and O–H groups in total. The Bertz CT molecular complexity index is 351. The Kier molecular flexibility index (Phi) is 10.1. The van der Waals surface area contributed by atoms with Gasteiger partial charge in [0.1, 0.15) is 0 Å². The molecule has 3 nitrogen and oxygen atoms in total. The molecule has 0 aromatic heterocycles. The summed E-state index contributed by atoms with van der Waals surface area (Å²) in [6.07, 6.45) is 3.39. The third kappa shape index (κ3) is 7.60. The molecule has 0 saturated carbocycles. The quantitative estimate of drug-likeness (QED) is 0.596. The van der Waals surface area contributed by atoms with Crippen LogP contribution in [0.1, 0.15) is 50.8 Å². The Morgan fingerprint density at radius 2 is 1.67 bits per heavy atom. The lowest BCUT2D eigenvalue weighted by Crippen LogP contribution is -2.26. The normalized spacial score (nSPS) is 12.5. The predicted octanol–water partition coefficient (Wildman–Crippen LogP) is 3.73. The molecule has 0 saturated heterocycles. The highest BCUT2D eigenvalue weighted by atomic mass is 16.5. The maximum absolute atomic E-state index is 5.75. The van der Waals surface area contributed by atoms with Gasteiger partial charge in [0.15, 0.2) is 0 Å². The summed E-state index contributed by atoms with van der Waals surface area (Å²) in [6.45, 7) is 10.3. The first-order chi connectivity index (χ1) is 10.3. The van der Waals surface area contributed by atoms with Gasteiger partial charge in [-0.3, -0.25) is 0 Å². The third-order valence-electron chi connectivity index (χ3n) is 3.54. The highest BCUT2D eigenvalue weighted by Crippen LogP contribution is 2.15. The summed E-state index contributed by atoms with van der Waals surface area (Å²) in [5.74, 6) is 0. The molecule has 1 aromatic rings. The van der Waals surface area contributed by atoms with Crippen molar-refractivity contribution in [2.24, 2.45) is 0 Å². The number of hydrogen-bond acceptors (Lipinski definition) is 3. The summed E-state index contributed by atoms with van der Waals surface area (Å²) in [5, 5.41) is 3.48. The third-order valence-corrected chi connectivity index (χ3v) is 3.54. The fourth-order valence-corrected chi connectivity index (χ4v) is 2.17. The molecular weight excluding hydrogens is 262 g/mol. The predicted molar refractivity (Wildman–Crippen MR) is 88.8 cm³/mol. The topological polar surface area (TPSA) is 30.5 Å². The van der Waals surface area contributed by atoms with Crippen LogP contribution < -0.4 is 5.32 Å². The summed E-state index contributed by atoms with van der Waals surface area (Å²) < 4.78 is 11.3. The second-order valence-corrected chi connectivity index (χ2v) is 5.25. The van der Waals surface area contributed by atoms with E-state index in [0.717, 1.165) is 26.0 Å². The lowest BCUT2D eigenvalue weighted by molar-refractivity contribution is 0.0382. The van der Waals surface area contributed by atoms with Crippen LogP contribution in [0, 0.1) is 0 Å². The second-order valence-electron chi connectivity index (χ2n) is 5.25. The van der Waals surface area contributed by atoms with Gasteiger partial charge in [-0.15, -0.1) is 0 Å². The van der Waals surface area contributed by atoms with E-state index < -0.39 is 0 Å². The molecule has 0 radical (unpaired) electrons. The zero-order chi connectivity index (χ0) is 15.3. The minimum absolute atomic E-state index is 0.261. The van der Waals surface area contributed by atoms with Crippen LogP contribution in [0.5, 0.6) is 0 Å². The molecule has 0 aliphatic rings. The average molecular weight is 293 g/mol. The van der Waals surface area contributed by atoms with E-state index in [0.29, 0.717) is 19.8 Å². The van der Waals surface area contributed by atoms with E-state index in [1.54, 1.807) is 0 Å². The molecule has 1 rings (SSSR count). The molecule has 0 aliphatic heterocycles. The Morgan fingerprint density at radius 1 is 0.952 bits per heavy atom. The number of likely N-dealkylation sites (N-methyl/N-ethyl adjacent to an activating group) is 1. The highest BCUT2D eigenvalue weighted by Gasteiger charge is 2.10. The molecule has 1 unspecified atom stereocenters. The van der Waals surface area contributed by atoms with Gasteiger partial charge in [-0.2, -0.15) is 0 Å². The summed E-state index contributed by atoms with van der Waals surface area (Å²) in [5.41, 5.74) is 2.67. The van der Waals surface area contributed by atoms with Crippen LogP contribution in [0.2, 0.25) is 0 Å². The molecule has 0 fully saturated rings. The molecule has 0 heterocycles. The Morgan fingerprint density at radius 3 is 2.29 bits per heavy atom. The number of ether oxygens (including phenoxy) is 2. The molecule has 0 spiro atoms. The van der Waals surface area contributed by atoms with E-state index in [1.165, 1.54) is 17.5 Å². The fraction of sp³-hybridized carbons (Fsp3) is 0.667. The number of hydrogen-bond donors (Lipinski definition) is 1. The van der Waals surface area contributed by atoms with Crippen molar-refractivity contribution >= 4 is 0 Å². The van der Waals surface area contributed by atoms with Gasteiger partial charge in [0.05, 0.1) is 25.9 Å². The van der Waals surface area contributed by atoms with E-state index in [9.17, 15) is 0 Å². The van der Waals surface area contributed by atoms with Crippen molar-refractivity contribution < 1.29 is 9.47 Å². The summed E-state index contributed by atoms with van der Waals surface area (Å²) in [7, 11) is 0. The molecule has 1 atom stereocenters. The zero-order valence-electron chi connectivity index (χ0n) is 13.9. The van der Waals surface area contributed by atoms with Crippen LogP contribution >= 0.6 is 0 Å². The van der Waals surface area contributed by atoms with Gasteiger partial charge in [0, 0.05) is 6.61 Å². The van der Waals surface area contributed by atoms with Crippen LogP contribution in [0.4, 0.5) is 0 Å².